The Morgan fingerprint density at radius 1 is 1.33 bits per heavy atom. The fraction of sp³-hybridized carbons (Fsp3) is 0.800. The van der Waals surface area contributed by atoms with Crippen LogP contribution in [0.15, 0.2) is 0 Å². The van der Waals surface area contributed by atoms with Gasteiger partial charge in [-0.1, -0.05) is 19.8 Å². The molecule has 1 saturated heterocycles. The van der Waals surface area contributed by atoms with Crippen molar-refractivity contribution < 1.29 is 19.8 Å². The van der Waals surface area contributed by atoms with Crippen molar-refractivity contribution in [1.82, 2.24) is 5.32 Å². The van der Waals surface area contributed by atoms with Gasteiger partial charge in [0.15, 0.2) is 0 Å². The van der Waals surface area contributed by atoms with E-state index in [1.807, 2.05) is 0 Å². The van der Waals surface area contributed by atoms with Crippen molar-refractivity contribution in [2.45, 2.75) is 32.6 Å². The van der Waals surface area contributed by atoms with Crippen molar-refractivity contribution in [3.05, 3.63) is 0 Å². The number of carbonyl (C=O) groups is 2. The summed E-state index contributed by atoms with van der Waals surface area (Å²) in [5.74, 6) is -2.64. The van der Waals surface area contributed by atoms with Crippen LogP contribution in [0.25, 0.3) is 0 Å². The van der Waals surface area contributed by atoms with Crippen molar-refractivity contribution in [2.24, 2.45) is 5.92 Å². The average Bonchev–Trinajstić information content (AvgIpc) is 2.68. The number of hydrogen-bond donors (Lipinski definition) is 3. The van der Waals surface area contributed by atoms with Gasteiger partial charge in [0.05, 0.1) is 0 Å². The highest BCUT2D eigenvalue weighted by atomic mass is 16.4. The van der Waals surface area contributed by atoms with Crippen LogP contribution >= 0.6 is 0 Å². The second kappa shape index (κ2) is 8.23. The Labute approximate surface area is 89.5 Å². The molecule has 0 radical (unpaired) electrons. The maximum atomic E-state index is 9.10. The van der Waals surface area contributed by atoms with Gasteiger partial charge < -0.3 is 15.5 Å². The Kier molecular flexibility index (Phi) is 7.62. The van der Waals surface area contributed by atoms with Gasteiger partial charge in [-0.3, -0.25) is 0 Å². The minimum atomic E-state index is -1.82. The molecule has 1 fully saturated rings. The Balaban J connectivity index is 0.000000288. The molecule has 0 bridgehead atoms. The van der Waals surface area contributed by atoms with Crippen molar-refractivity contribution in [3.63, 3.8) is 0 Å². The summed E-state index contributed by atoms with van der Waals surface area (Å²) < 4.78 is 0. The number of carboxylic acid groups (broad SMARTS) is 2. The smallest absolute Gasteiger partial charge is 0.414 e. The zero-order valence-corrected chi connectivity index (χ0v) is 9.03. The summed E-state index contributed by atoms with van der Waals surface area (Å²) >= 11 is 0. The lowest BCUT2D eigenvalue weighted by Gasteiger charge is -2.04. The molecule has 0 aromatic heterocycles. The third-order valence-corrected chi connectivity index (χ3v) is 2.31. The van der Waals surface area contributed by atoms with Crippen LogP contribution in [0.4, 0.5) is 0 Å². The minimum Gasteiger partial charge on any atom is -0.473 e. The molecule has 0 aliphatic carbocycles. The first-order valence-corrected chi connectivity index (χ1v) is 5.24. The average molecular weight is 217 g/mol. The van der Waals surface area contributed by atoms with Gasteiger partial charge in [0.1, 0.15) is 0 Å². The van der Waals surface area contributed by atoms with Crippen LogP contribution in [-0.2, 0) is 9.59 Å². The first-order chi connectivity index (χ1) is 7.07. The standard InChI is InChI=1S/C8H17N.C2H2O4/c1-2-3-4-8-5-6-9-7-8;3-1(4)2(5)6/h8-9H,2-7H2,1H3;(H,3,4)(H,5,6). The molecule has 0 aromatic rings. The molecule has 5 nitrogen and oxygen atoms in total. The van der Waals surface area contributed by atoms with E-state index in [9.17, 15) is 0 Å². The highest BCUT2D eigenvalue weighted by Crippen LogP contribution is 2.14. The fourth-order valence-electron chi connectivity index (χ4n) is 1.45. The summed E-state index contributed by atoms with van der Waals surface area (Å²) in [6.07, 6.45) is 5.65. The van der Waals surface area contributed by atoms with Gasteiger partial charge in [0.2, 0.25) is 0 Å². The molecule has 1 rings (SSSR count). The second-order valence-electron chi connectivity index (χ2n) is 3.61. The van der Waals surface area contributed by atoms with Crippen LogP contribution < -0.4 is 5.32 Å². The van der Waals surface area contributed by atoms with Gasteiger partial charge in [-0.15, -0.1) is 0 Å². The van der Waals surface area contributed by atoms with Gasteiger partial charge >= 0.3 is 11.9 Å². The van der Waals surface area contributed by atoms with E-state index in [1.165, 1.54) is 38.8 Å². The largest absolute Gasteiger partial charge is 0.473 e. The molecule has 1 aliphatic rings. The van der Waals surface area contributed by atoms with E-state index in [1.54, 1.807) is 0 Å². The molecule has 3 N–H and O–H groups in total. The molecule has 1 unspecified atom stereocenters. The first kappa shape index (κ1) is 13.9. The minimum absolute atomic E-state index is 1.00. The summed E-state index contributed by atoms with van der Waals surface area (Å²) in [7, 11) is 0. The molecule has 0 aromatic carbocycles. The highest BCUT2D eigenvalue weighted by molar-refractivity contribution is 6.27. The predicted molar refractivity (Wildman–Crippen MR) is 55.8 cm³/mol. The molecule has 0 spiro atoms. The zero-order valence-electron chi connectivity index (χ0n) is 9.03. The maximum Gasteiger partial charge on any atom is 0.414 e. The van der Waals surface area contributed by atoms with Crippen LogP contribution in [-0.4, -0.2) is 35.2 Å². The van der Waals surface area contributed by atoms with E-state index in [2.05, 4.69) is 12.2 Å². The molecular formula is C10H19NO4. The lowest BCUT2D eigenvalue weighted by atomic mass is 10.0. The van der Waals surface area contributed by atoms with Crippen LogP contribution in [0, 0.1) is 5.92 Å². The third-order valence-electron chi connectivity index (χ3n) is 2.31. The molecule has 0 saturated carbocycles. The predicted octanol–water partition coefficient (Wildman–Crippen LogP) is 0.942. The van der Waals surface area contributed by atoms with E-state index in [0.717, 1.165) is 5.92 Å². The lowest BCUT2D eigenvalue weighted by Crippen LogP contribution is -2.09. The number of aliphatic carboxylic acids is 2. The van der Waals surface area contributed by atoms with E-state index in [4.69, 9.17) is 19.8 Å². The molecule has 1 aliphatic heterocycles. The number of hydrogen-bond acceptors (Lipinski definition) is 3. The summed E-state index contributed by atoms with van der Waals surface area (Å²) in [5, 5.41) is 18.2. The van der Waals surface area contributed by atoms with Crippen molar-refractivity contribution in [2.75, 3.05) is 13.1 Å². The summed E-state index contributed by atoms with van der Waals surface area (Å²) in [4.78, 5) is 18.2. The molecule has 0 amide bonds. The van der Waals surface area contributed by atoms with Gasteiger partial charge in [-0.25, -0.2) is 9.59 Å². The molecule has 1 atom stereocenters. The number of carboxylic acids is 2. The van der Waals surface area contributed by atoms with Crippen molar-refractivity contribution in [3.8, 4) is 0 Å². The summed E-state index contributed by atoms with van der Waals surface area (Å²) in [5.41, 5.74) is 0. The zero-order chi connectivity index (χ0) is 11.7. The number of unbranched alkanes of at least 4 members (excludes halogenated alkanes) is 1. The Bertz CT molecular complexity index is 188. The Morgan fingerprint density at radius 3 is 2.27 bits per heavy atom. The van der Waals surface area contributed by atoms with Gasteiger partial charge in [0, 0.05) is 0 Å². The van der Waals surface area contributed by atoms with Gasteiger partial charge in [-0.2, -0.15) is 0 Å². The summed E-state index contributed by atoms with van der Waals surface area (Å²) in [6.45, 7) is 4.80. The Morgan fingerprint density at radius 2 is 1.93 bits per heavy atom. The van der Waals surface area contributed by atoms with Crippen LogP contribution in [0.1, 0.15) is 32.6 Å². The molecule has 15 heavy (non-hydrogen) atoms. The number of nitrogens with one attached hydrogen (secondary N) is 1. The fourth-order valence-corrected chi connectivity index (χ4v) is 1.45. The highest BCUT2D eigenvalue weighted by Gasteiger charge is 2.12. The normalized spacial score (nSPS) is 19.1. The lowest BCUT2D eigenvalue weighted by molar-refractivity contribution is -0.159. The van der Waals surface area contributed by atoms with Gasteiger partial charge in [-0.05, 0) is 31.8 Å². The Hall–Kier alpha value is -1.10. The monoisotopic (exact) mass is 217 g/mol. The maximum absolute atomic E-state index is 9.10. The number of rotatable bonds is 3. The van der Waals surface area contributed by atoms with Crippen molar-refractivity contribution in [1.29, 1.82) is 0 Å². The second-order valence-corrected chi connectivity index (χ2v) is 3.61. The van der Waals surface area contributed by atoms with E-state index in [-0.39, 0.29) is 0 Å². The molecule has 88 valence electrons. The topological polar surface area (TPSA) is 86.6 Å². The first-order valence-electron chi connectivity index (χ1n) is 5.24. The summed E-state index contributed by atoms with van der Waals surface area (Å²) in [6, 6.07) is 0. The quantitative estimate of drug-likeness (QED) is 0.612. The molecule has 1 heterocycles. The van der Waals surface area contributed by atoms with E-state index in [0.29, 0.717) is 0 Å². The third kappa shape index (κ3) is 7.93. The van der Waals surface area contributed by atoms with Crippen LogP contribution in [0.3, 0.4) is 0 Å². The van der Waals surface area contributed by atoms with Crippen molar-refractivity contribution >= 4 is 11.9 Å². The SMILES string of the molecule is CCCCC1CCNC1.O=C(O)C(=O)O. The van der Waals surface area contributed by atoms with E-state index >= 15 is 0 Å². The van der Waals surface area contributed by atoms with Gasteiger partial charge in [0.25, 0.3) is 0 Å². The van der Waals surface area contributed by atoms with Crippen LogP contribution in [0.5, 0.6) is 0 Å². The van der Waals surface area contributed by atoms with Crippen LogP contribution in [0.2, 0.25) is 0 Å². The van der Waals surface area contributed by atoms with E-state index < -0.39 is 11.9 Å². The molecule has 5 heteroatoms. The molecular weight excluding hydrogens is 198 g/mol.